The summed E-state index contributed by atoms with van der Waals surface area (Å²) in [4.78, 5) is 9.98. The van der Waals surface area contributed by atoms with Crippen molar-refractivity contribution >= 4 is 17.7 Å². The molecule has 7 heteroatoms. The molecule has 0 spiro atoms. The number of carboxylic acid groups (broad SMARTS) is 1. The molecular formula is C9H16FNaO4S. The largest absolute Gasteiger partial charge is 1.00 e. The van der Waals surface area contributed by atoms with Crippen LogP contribution < -0.4 is 34.7 Å². The van der Waals surface area contributed by atoms with Crippen LogP contribution in [0.25, 0.3) is 0 Å². The Morgan fingerprint density at radius 3 is 2.75 bits per heavy atom. The minimum absolute atomic E-state index is 0. The summed E-state index contributed by atoms with van der Waals surface area (Å²) in [6.45, 7) is 0.156. The van der Waals surface area contributed by atoms with Gasteiger partial charge < -0.3 is 19.7 Å². The van der Waals surface area contributed by atoms with Gasteiger partial charge in [-0.25, -0.2) is 4.39 Å². The molecule has 16 heavy (non-hydrogen) atoms. The zero-order valence-electron chi connectivity index (χ0n) is 8.52. The van der Waals surface area contributed by atoms with Gasteiger partial charge in [0.1, 0.15) is 0 Å². The van der Waals surface area contributed by atoms with Crippen LogP contribution in [-0.4, -0.2) is 41.9 Å². The first-order valence-corrected chi connectivity index (χ1v) is 5.11. The van der Waals surface area contributed by atoms with Crippen molar-refractivity contribution in [1.82, 2.24) is 0 Å². The molecule has 0 aromatic rings. The summed E-state index contributed by atoms with van der Waals surface area (Å²) in [6.07, 6.45) is 0.783. The normalized spacial score (nSPS) is 11.6. The number of carbonyl (C=O) groups excluding carboxylic acids is 1. The Morgan fingerprint density at radius 1 is 1.62 bits per heavy atom. The maximum atomic E-state index is 11.4. The molecule has 0 fully saturated rings. The van der Waals surface area contributed by atoms with E-state index in [-0.39, 0.29) is 61.7 Å². The fraction of sp³-hybridized carbons (Fsp3) is 0.667. The molecule has 1 atom stereocenters. The van der Waals surface area contributed by atoms with Crippen LogP contribution in [0.5, 0.6) is 0 Å². The number of rotatable bonds is 8. The second-order valence-corrected chi connectivity index (χ2v) is 3.47. The van der Waals surface area contributed by atoms with Crippen LogP contribution in [0.2, 0.25) is 0 Å². The first-order valence-electron chi connectivity index (χ1n) is 3.95. The van der Waals surface area contributed by atoms with Crippen molar-refractivity contribution in [1.29, 1.82) is 0 Å². The monoisotopic (exact) mass is 262 g/mol. The summed E-state index contributed by atoms with van der Waals surface area (Å²) < 4.78 is 16.2. The molecule has 0 amide bonds. The average Bonchev–Trinajstić information content (AvgIpc) is 2.12. The summed E-state index contributed by atoms with van der Waals surface area (Å²) in [5.74, 6) is -1.06. The predicted molar refractivity (Wildman–Crippen MR) is 56.1 cm³/mol. The number of halogens is 1. The van der Waals surface area contributed by atoms with E-state index in [1.807, 2.05) is 0 Å². The van der Waals surface area contributed by atoms with Gasteiger partial charge in [0, 0.05) is 11.5 Å². The van der Waals surface area contributed by atoms with Gasteiger partial charge in [0.2, 0.25) is 0 Å². The molecule has 0 aliphatic rings. The molecule has 0 saturated heterocycles. The van der Waals surface area contributed by atoms with Crippen LogP contribution in [0.3, 0.4) is 0 Å². The number of hydrogen-bond donors (Lipinski definition) is 1. The number of aliphatic hydroxyl groups is 1. The Kier molecular flexibility index (Phi) is 20.9. The molecule has 0 aromatic heterocycles. The van der Waals surface area contributed by atoms with Crippen LogP contribution >= 0.6 is 11.8 Å². The first-order chi connectivity index (χ1) is 6.66. The van der Waals surface area contributed by atoms with E-state index in [1.165, 1.54) is 6.08 Å². The summed E-state index contributed by atoms with van der Waals surface area (Å²) in [5, 5.41) is 19.2. The van der Waals surface area contributed by atoms with Gasteiger partial charge in [0.15, 0.2) is 0 Å². The molecule has 0 aliphatic carbocycles. The van der Waals surface area contributed by atoms with Crippen molar-refractivity contribution in [2.75, 3.05) is 24.7 Å². The average molecular weight is 262 g/mol. The Bertz CT molecular complexity index is 192. The topological polar surface area (TPSA) is 69.6 Å². The van der Waals surface area contributed by atoms with Gasteiger partial charge in [-0.3, -0.25) is 0 Å². The van der Waals surface area contributed by atoms with E-state index in [4.69, 9.17) is 4.74 Å². The molecule has 0 heterocycles. The van der Waals surface area contributed by atoms with Crippen LogP contribution in [0.4, 0.5) is 4.39 Å². The van der Waals surface area contributed by atoms with E-state index in [9.17, 15) is 19.4 Å². The van der Waals surface area contributed by atoms with Crippen LogP contribution in [0.1, 0.15) is 7.43 Å². The Hall–Kier alpha value is 0.410. The van der Waals surface area contributed by atoms with Crippen molar-refractivity contribution in [3.8, 4) is 0 Å². The third-order valence-corrected chi connectivity index (χ3v) is 2.20. The molecule has 0 aromatic carbocycles. The number of ether oxygens (including phenoxy) is 1. The van der Waals surface area contributed by atoms with E-state index >= 15 is 0 Å². The summed E-state index contributed by atoms with van der Waals surface area (Å²) in [5.41, 5.74) is 0. The Morgan fingerprint density at radius 2 is 2.25 bits per heavy atom. The Balaban J connectivity index is -0.000000845. The molecule has 1 N–H and O–H groups in total. The Labute approximate surface area is 122 Å². The second kappa shape index (κ2) is 15.4. The van der Waals surface area contributed by atoms with E-state index < -0.39 is 12.1 Å². The maximum absolute atomic E-state index is 11.4. The number of aliphatic hydroxyl groups excluding tert-OH is 1. The zero-order chi connectivity index (χ0) is 10.8. The van der Waals surface area contributed by atoms with Gasteiger partial charge in [-0.1, -0.05) is 7.43 Å². The number of hydrogen-bond acceptors (Lipinski definition) is 5. The van der Waals surface area contributed by atoms with Crippen LogP contribution in [0, 0.1) is 0 Å². The van der Waals surface area contributed by atoms with Crippen LogP contribution in [0.15, 0.2) is 12.4 Å². The molecule has 0 rings (SSSR count). The van der Waals surface area contributed by atoms with Gasteiger partial charge in [0.25, 0.3) is 0 Å². The molecule has 0 bridgehead atoms. The van der Waals surface area contributed by atoms with Crippen molar-refractivity contribution in [3.05, 3.63) is 12.4 Å². The molecule has 0 radical (unpaired) electrons. The maximum Gasteiger partial charge on any atom is 1.00 e. The molecule has 4 nitrogen and oxygen atoms in total. The van der Waals surface area contributed by atoms with Gasteiger partial charge in [-0.15, -0.1) is 0 Å². The second-order valence-electron chi connectivity index (χ2n) is 2.44. The van der Waals surface area contributed by atoms with Gasteiger partial charge in [-0.2, -0.15) is 11.8 Å². The number of thioether (sulfide) groups is 1. The predicted octanol–water partition coefficient (Wildman–Crippen LogP) is -3.03. The molecule has 1 unspecified atom stereocenters. The van der Waals surface area contributed by atoms with E-state index in [2.05, 4.69) is 0 Å². The third-order valence-electron chi connectivity index (χ3n) is 1.14. The molecule has 0 saturated carbocycles. The summed E-state index contributed by atoms with van der Waals surface area (Å²) in [6, 6.07) is 0. The zero-order valence-corrected chi connectivity index (χ0v) is 11.3. The number of aliphatic carboxylic acids is 1. The number of carbonyl (C=O) groups is 1. The molecule has 90 valence electrons. The van der Waals surface area contributed by atoms with E-state index in [1.54, 1.807) is 0 Å². The SMILES string of the molecule is C.O=C([O-])CSCC(O)COC/C=C/F.[Na+]. The fourth-order valence-electron chi connectivity index (χ4n) is 0.635. The first kappa shape index (κ1) is 21.7. The molecular weight excluding hydrogens is 246 g/mol. The smallest absolute Gasteiger partial charge is 0.549 e. The van der Waals surface area contributed by atoms with E-state index in [0.29, 0.717) is 6.33 Å². The summed E-state index contributed by atoms with van der Waals surface area (Å²) >= 11 is 1.05. The van der Waals surface area contributed by atoms with Crippen molar-refractivity contribution < 1.29 is 53.7 Å². The van der Waals surface area contributed by atoms with Gasteiger partial charge in [0.05, 0.1) is 31.6 Å². The third kappa shape index (κ3) is 16.8. The minimum atomic E-state index is -1.16. The molecule has 0 aliphatic heterocycles. The quantitative estimate of drug-likeness (QED) is 0.372. The van der Waals surface area contributed by atoms with Crippen molar-refractivity contribution in [3.63, 3.8) is 0 Å². The van der Waals surface area contributed by atoms with Crippen LogP contribution in [-0.2, 0) is 9.53 Å². The van der Waals surface area contributed by atoms with Gasteiger partial charge >= 0.3 is 29.6 Å². The van der Waals surface area contributed by atoms with Gasteiger partial charge in [-0.05, 0) is 6.08 Å². The fourth-order valence-corrected chi connectivity index (χ4v) is 1.29. The summed E-state index contributed by atoms with van der Waals surface area (Å²) in [7, 11) is 0. The van der Waals surface area contributed by atoms with E-state index in [0.717, 1.165) is 11.8 Å². The standard InChI is InChI=1S/C8H13FO4S.CH4.Na/c9-2-1-3-13-4-7(10)5-14-6-8(11)12;;/h1-2,7,10H,3-6H2,(H,11,12);1H4;/q;;+1/p-1/b2-1+;;. The minimum Gasteiger partial charge on any atom is -0.549 e. The number of carboxylic acids is 1. The van der Waals surface area contributed by atoms with Crippen molar-refractivity contribution in [2.45, 2.75) is 13.5 Å². The van der Waals surface area contributed by atoms with Crippen molar-refractivity contribution in [2.24, 2.45) is 0 Å².